The van der Waals surface area contributed by atoms with Crippen molar-refractivity contribution < 1.29 is 18.0 Å². The number of hydrogen-bond acceptors (Lipinski definition) is 3. The van der Waals surface area contributed by atoms with Crippen LogP contribution in [-0.4, -0.2) is 15.8 Å². The number of nitrogens with one attached hydrogen (secondary N) is 1. The lowest BCUT2D eigenvalue weighted by molar-refractivity contribution is -0.138. The molecule has 0 spiro atoms. The molecule has 1 amide bonds. The summed E-state index contributed by atoms with van der Waals surface area (Å²) in [4.78, 5) is 14.1. The monoisotopic (exact) mass is 347 g/mol. The third kappa shape index (κ3) is 2.93. The van der Waals surface area contributed by atoms with E-state index in [1.807, 2.05) is 0 Å². The Morgan fingerprint density at radius 3 is 2.65 bits per heavy atom. The van der Waals surface area contributed by atoms with Gasteiger partial charge in [-0.2, -0.15) is 18.4 Å². The number of carbonyl (C=O) groups excluding carboxylic acids is 1. The highest BCUT2D eigenvalue weighted by Gasteiger charge is 2.38. The second-order valence-electron chi connectivity index (χ2n) is 4.48. The van der Waals surface area contributed by atoms with Crippen molar-refractivity contribution in [2.24, 2.45) is 0 Å². The van der Waals surface area contributed by atoms with Crippen LogP contribution < -0.4 is 5.32 Å². The van der Waals surface area contributed by atoms with E-state index >= 15 is 0 Å². The van der Waals surface area contributed by atoms with Gasteiger partial charge in [-0.25, -0.2) is 4.98 Å². The molecule has 1 saturated carbocycles. The molecule has 0 bridgehead atoms. The summed E-state index contributed by atoms with van der Waals surface area (Å²) in [5.41, 5.74) is -1.29. The predicted octanol–water partition coefficient (Wildman–Crippen LogP) is 3.32. The third-order valence-electron chi connectivity index (χ3n) is 3.32. The molecule has 0 radical (unpaired) electrons. The Morgan fingerprint density at radius 2 is 2.20 bits per heavy atom. The van der Waals surface area contributed by atoms with Crippen molar-refractivity contribution in [2.75, 3.05) is 0 Å². The maximum Gasteiger partial charge on any atom is 0.419 e. The SMILES string of the molecule is N#Cc1ncc(C2CCC2NC(=O)Br)cc1C(F)(F)F. The van der Waals surface area contributed by atoms with Gasteiger partial charge in [0, 0.05) is 34.1 Å². The van der Waals surface area contributed by atoms with E-state index < -0.39 is 22.3 Å². The van der Waals surface area contributed by atoms with Gasteiger partial charge in [0.2, 0.25) is 0 Å². The summed E-state index contributed by atoms with van der Waals surface area (Å²) >= 11 is 2.73. The molecular formula is C12H9BrF3N3O. The smallest absolute Gasteiger partial charge is 0.343 e. The number of nitrogens with zero attached hydrogens (tertiary/aromatic N) is 2. The van der Waals surface area contributed by atoms with Gasteiger partial charge in [-0.3, -0.25) is 4.79 Å². The number of halogens is 4. The third-order valence-corrected chi connectivity index (χ3v) is 3.55. The molecule has 2 atom stereocenters. The first-order chi connectivity index (χ1) is 9.32. The van der Waals surface area contributed by atoms with Crippen molar-refractivity contribution >= 4 is 20.7 Å². The lowest BCUT2D eigenvalue weighted by Gasteiger charge is -2.37. The fraction of sp³-hybridized carbons (Fsp3) is 0.417. The highest BCUT2D eigenvalue weighted by Crippen LogP contribution is 2.39. The summed E-state index contributed by atoms with van der Waals surface area (Å²) in [5.74, 6) is -0.210. The van der Waals surface area contributed by atoms with Crippen LogP contribution in [-0.2, 0) is 6.18 Å². The minimum Gasteiger partial charge on any atom is -0.343 e. The molecule has 1 aromatic rings. The number of nitriles is 1. The van der Waals surface area contributed by atoms with Gasteiger partial charge in [-0.05, 0) is 24.5 Å². The van der Waals surface area contributed by atoms with Crippen LogP contribution in [0.5, 0.6) is 0 Å². The van der Waals surface area contributed by atoms with Crippen molar-refractivity contribution in [3.63, 3.8) is 0 Å². The predicted molar refractivity (Wildman–Crippen MR) is 67.2 cm³/mol. The summed E-state index contributed by atoms with van der Waals surface area (Å²) in [6, 6.07) is 2.18. The van der Waals surface area contributed by atoms with Crippen LogP contribution in [0.3, 0.4) is 0 Å². The zero-order valence-corrected chi connectivity index (χ0v) is 11.6. The van der Waals surface area contributed by atoms with Gasteiger partial charge in [-0.15, -0.1) is 0 Å². The standard InChI is InChI=1S/C12H9BrF3N3O/c13-11(20)19-9-2-1-7(9)6-3-8(12(14,15)16)10(4-17)18-5-6/h3,5,7,9H,1-2H2,(H,19,20). The largest absolute Gasteiger partial charge is 0.419 e. The molecule has 1 fully saturated rings. The molecule has 0 saturated heterocycles. The highest BCUT2D eigenvalue weighted by atomic mass is 79.9. The Kier molecular flexibility index (Phi) is 3.99. The molecule has 1 N–H and O–H groups in total. The van der Waals surface area contributed by atoms with Gasteiger partial charge < -0.3 is 5.32 Å². The van der Waals surface area contributed by atoms with E-state index in [0.29, 0.717) is 18.4 Å². The first-order valence-electron chi connectivity index (χ1n) is 5.76. The van der Waals surface area contributed by atoms with E-state index in [2.05, 4.69) is 26.2 Å². The van der Waals surface area contributed by atoms with Crippen LogP contribution in [0.1, 0.15) is 35.6 Å². The zero-order valence-electron chi connectivity index (χ0n) is 10.0. The molecule has 0 aliphatic heterocycles. The fourth-order valence-electron chi connectivity index (χ4n) is 2.21. The number of amides is 1. The Bertz CT molecular complexity index is 582. The minimum atomic E-state index is -4.62. The van der Waals surface area contributed by atoms with E-state index in [9.17, 15) is 18.0 Å². The normalized spacial score (nSPS) is 21.8. The van der Waals surface area contributed by atoms with Crippen LogP contribution >= 0.6 is 15.9 Å². The Morgan fingerprint density at radius 1 is 1.50 bits per heavy atom. The number of aromatic nitrogens is 1. The second kappa shape index (κ2) is 5.40. The molecule has 2 rings (SSSR count). The fourth-order valence-corrected chi connectivity index (χ4v) is 2.50. The summed E-state index contributed by atoms with van der Waals surface area (Å²) in [6.45, 7) is 0. The maximum atomic E-state index is 12.8. The van der Waals surface area contributed by atoms with Crippen LogP contribution in [0.4, 0.5) is 18.0 Å². The molecule has 2 unspecified atom stereocenters. The van der Waals surface area contributed by atoms with Crippen molar-refractivity contribution in [3.05, 3.63) is 29.1 Å². The molecule has 1 aromatic heterocycles. The summed E-state index contributed by atoms with van der Waals surface area (Å²) in [5, 5.41) is 11.3. The van der Waals surface area contributed by atoms with E-state index in [-0.39, 0.29) is 12.0 Å². The van der Waals surface area contributed by atoms with Gasteiger partial charge in [0.25, 0.3) is 4.82 Å². The zero-order chi connectivity index (χ0) is 14.9. The molecule has 1 heterocycles. The Balaban J connectivity index is 2.31. The highest BCUT2D eigenvalue weighted by molar-refractivity contribution is 9.18. The molecular weight excluding hydrogens is 339 g/mol. The van der Waals surface area contributed by atoms with E-state index in [1.165, 1.54) is 12.3 Å². The molecule has 1 aliphatic rings. The molecule has 20 heavy (non-hydrogen) atoms. The van der Waals surface area contributed by atoms with Crippen LogP contribution in [0, 0.1) is 11.3 Å². The molecule has 106 valence electrons. The average Bonchev–Trinajstić information content (AvgIpc) is 2.33. The lowest BCUT2D eigenvalue weighted by atomic mass is 9.75. The van der Waals surface area contributed by atoms with Crippen molar-refractivity contribution in [1.82, 2.24) is 10.3 Å². The summed E-state index contributed by atoms with van der Waals surface area (Å²) in [6.07, 6.45) is -1.98. The van der Waals surface area contributed by atoms with Gasteiger partial charge in [0.15, 0.2) is 5.69 Å². The quantitative estimate of drug-likeness (QED) is 0.659. The number of rotatable bonds is 2. The van der Waals surface area contributed by atoms with Crippen LogP contribution in [0.25, 0.3) is 0 Å². The first-order valence-corrected chi connectivity index (χ1v) is 6.55. The lowest BCUT2D eigenvalue weighted by Crippen LogP contribution is -2.43. The van der Waals surface area contributed by atoms with Gasteiger partial charge in [-0.1, -0.05) is 0 Å². The van der Waals surface area contributed by atoms with Crippen LogP contribution in [0.15, 0.2) is 12.3 Å². The average molecular weight is 348 g/mol. The topological polar surface area (TPSA) is 65.8 Å². The summed E-state index contributed by atoms with van der Waals surface area (Å²) in [7, 11) is 0. The van der Waals surface area contributed by atoms with Crippen LogP contribution in [0.2, 0.25) is 0 Å². The Labute approximate surface area is 121 Å². The molecule has 4 nitrogen and oxygen atoms in total. The second-order valence-corrected chi connectivity index (χ2v) is 5.20. The van der Waals surface area contributed by atoms with E-state index in [1.54, 1.807) is 0 Å². The van der Waals surface area contributed by atoms with Crippen molar-refractivity contribution in [3.8, 4) is 6.07 Å². The number of pyridine rings is 1. The Hall–Kier alpha value is -1.62. The van der Waals surface area contributed by atoms with E-state index in [4.69, 9.17) is 5.26 Å². The number of carbonyl (C=O) groups is 1. The van der Waals surface area contributed by atoms with Crippen molar-refractivity contribution in [1.29, 1.82) is 5.26 Å². The van der Waals surface area contributed by atoms with Crippen molar-refractivity contribution in [2.45, 2.75) is 31.0 Å². The van der Waals surface area contributed by atoms with Gasteiger partial charge in [0.1, 0.15) is 6.07 Å². The molecule has 1 aliphatic carbocycles. The molecule has 0 aromatic carbocycles. The first kappa shape index (κ1) is 14.8. The summed E-state index contributed by atoms with van der Waals surface area (Å²) < 4.78 is 38.5. The van der Waals surface area contributed by atoms with E-state index in [0.717, 1.165) is 6.07 Å². The number of alkyl halides is 3. The maximum absolute atomic E-state index is 12.8. The minimum absolute atomic E-state index is 0.210. The number of hydrogen-bond donors (Lipinski definition) is 1. The molecule has 8 heteroatoms. The van der Waals surface area contributed by atoms with Gasteiger partial charge in [0.05, 0.1) is 5.56 Å². The van der Waals surface area contributed by atoms with Gasteiger partial charge >= 0.3 is 6.18 Å².